The van der Waals surface area contributed by atoms with Crippen molar-refractivity contribution < 1.29 is 4.39 Å². The van der Waals surface area contributed by atoms with Gasteiger partial charge in [-0.15, -0.1) is 0 Å². The molecule has 1 fully saturated rings. The first-order valence-corrected chi connectivity index (χ1v) is 5.09. The Balaban J connectivity index is 2.35. The zero-order valence-corrected chi connectivity index (χ0v) is 8.63. The molecule has 1 aromatic heterocycles. The van der Waals surface area contributed by atoms with Crippen LogP contribution >= 0.6 is 0 Å². The van der Waals surface area contributed by atoms with Gasteiger partial charge < -0.3 is 4.90 Å². The van der Waals surface area contributed by atoms with Gasteiger partial charge in [0.15, 0.2) is 11.6 Å². The van der Waals surface area contributed by atoms with Crippen molar-refractivity contribution in [3.63, 3.8) is 0 Å². The summed E-state index contributed by atoms with van der Waals surface area (Å²) in [5.74, 6) is 0.614. The molecule has 2 nitrogen and oxygen atoms in total. The lowest BCUT2D eigenvalue weighted by Crippen LogP contribution is -2.38. The highest BCUT2D eigenvalue weighted by molar-refractivity contribution is 5.45. The quantitative estimate of drug-likeness (QED) is 0.719. The third-order valence-electron chi connectivity index (χ3n) is 2.68. The fourth-order valence-electron chi connectivity index (χ4n) is 1.64. The van der Waals surface area contributed by atoms with E-state index in [0.717, 1.165) is 25.1 Å². The zero-order chi connectivity index (χ0) is 10.1. The van der Waals surface area contributed by atoms with Crippen LogP contribution in [0.3, 0.4) is 0 Å². The molecule has 1 saturated heterocycles. The minimum absolute atomic E-state index is 0.137. The predicted molar refractivity (Wildman–Crippen MR) is 55.1 cm³/mol. The van der Waals surface area contributed by atoms with Crippen LogP contribution in [-0.2, 0) is 0 Å². The Morgan fingerprint density at radius 2 is 2.14 bits per heavy atom. The molecule has 14 heavy (non-hydrogen) atoms. The molecule has 0 N–H and O–H groups in total. The smallest absolute Gasteiger partial charge is 0.169 e. The number of hydrogen-bond acceptors (Lipinski definition) is 2. The van der Waals surface area contributed by atoms with Crippen LogP contribution < -0.4 is 4.90 Å². The van der Waals surface area contributed by atoms with Gasteiger partial charge in [0.2, 0.25) is 0 Å². The van der Waals surface area contributed by atoms with Crippen LogP contribution in [0, 0.1) is 5.82 Å². The number of hydrogen-bond donors (Lipinski definition) is 0. The Labute approximate surface area is 83.8 Å². The molecule has 0 spiro atoms. The number of nitrogens with zero attached hydrogens (tertiary/aromatic N) is 2. The minimum atomic E-state index is -0.137. The van der Waals surface area contributed by atoms with Gasteiger partial charge in [-0.1, -0.05) is 13.8 Å². The molecule has 76 valence electrons. The molecule has 0 saturated carbocycles. The first-order chi connectivity index (χ1) is 6.70. The monoisotopic (exact) mass is 194 g/mol. The number of halogens is 1. The molecule has 0 amide bonds. The maximum atomic E-state index is 13.9. The van der Waals surface area contributed by atoms with Crippen molar-refractivity contribution in [2.75, 3.05) is 18.0 Å². The largest absolute Gasteiger partial charge is 0.354 e. The Bertz CT molecular complexity index is 332. The van der Waals surface area contributed by atoms with E-state index in [4.69, 9.17) is 0 Å². The van der Waals surface area contributed by atoms with E-state index >= 15 is 0 Å². The van der Waals surface area contributed by atoms with E-state index in [1.807, 2.05) is 18.7 Å². The van der Waals surface area contributed by atoms with Gasteiger partial charge in [0.25, 0.3) is 0 Å². The van der Waals surface area contributed by atoms with Gasteiger partial charge in [-0.25, -0.2) is 9.37 Å². The van der Waals surface area contributed by atoms with E-state index in [2.05, 4.69) is 4.98 Å². The second-order valence-electron chi connectivity index (χ2n) is 4.03. The number of pyridine rings is 1. The number of rotatable bonds is 2. The highest BCUT2D eigenvalue weighted by Crippen LogP contribution is 2.27. The minimum Gasteiger partial charge on any atom is -0.354 e. The van der Waals surface area contributed by atoms with Gasteiger partial charge in [-0.05, 0) is 24.0 Å². The summed E-state index contributed by atoms with van der Waals surface area (Å²) in [5.41, 5.74) is 0.766. The molecule has 0 aromatic carbocycles. The van der Waals surface area contributed by atoms with Gasteiger partial charge in [0, 0.05) is 19.3 Å². The lowest BCUT2D eigenvalue weighted by molar-refractivity contribution is 0.549. The molecule has 1 aromatic rings. The van der Waals surface area contributed by atoms with E-state index < -0.39 is 0 Å². The standard InChI is InChI=1S/C11H15FN2/c1-8(2)9-4-5-13-11(10(9)12)14-6-3-7-14/h4-5,8H,3,6-7H2,1-2H3. The molecule has 3 heteroatoms. The summed E-state index contributed by atoms with van der Waals surface area (Å²) in [6.07, 6.45) is 2.85. The highest BCUT2D eigenvalue weighted by Gasteiger charge is 2.21. The Morgan fingerprint density at radius 1 is 1.43 bits per heavy atom. The third kappa shape index (κ3) is 1.47. The van der Waals surface area contributed by atoms with Crippen molar-refractivity contribution in [1.29, 1.82) is 0 Å². The van der Waals surface area contributed by atoms with Gasteiger partial charge in [-0.3, -0.25) is 0 Å². The van der Waals surface area contributed by atoms with Crippen molar-refractivity contribution in [2.24, 2.45) is 0 Å². The van der Waals surface area contributed by atoms with Crippen LogP contribution in [0.5, 0.6) is 0 Å². The molecule has 2 heterocycles. The van der Waals surface area contributed by atoms with Gasteiger partial charge in [0.05, 0.1) is 0 Å². The first-order valence-electron chi connectivity index (χ1n) is 5.09. The summed E-state index contributed by atoms with van der Waals surface area (Å²) < 4.78 is 13.9. The molecule has 0 unspecified atom stereocenters. The van der Waals surface area contributed by atoms with Crippen molar-refractivity contribution in [3.05, 3.63) is 23.6 Å². The van der Waals surface area contributed by atoms with Gasteiger partial charge in [0.1, 0.15) is 0 Å². The third-order valence-corrected chi connectivity index (χ3v) is 2.68. The average molecular weight is 194 g/mol. The van der Waals surface area contributed by atoms with Gasteiger partial charge >= 0.3 is 0 Å². The maximum absolute atomic E-state index is 13.9. The molecule has 1 aliphatic rings. The fourth-order valence-corrected chi connectivity index (χ4v) is 1.64. The van der Waals surface area contributed by atoms with Crippen LogP contribution in [0.1, 0.15) is 31.7 Å². The normalized spacial score (nSPS) is 15.9. The Morgan fingerprint density at radius 3 is 2.64 bits per heavy atom. The van der Waals surface area contributed by atoms with Crippen LogP contribution in [0.15, 0.2) is 12.3 Å². The topological polar surface area (TPSA) is 16.1 Å². The number of aromatic nitrogens is 1. The Kier molecular flexibility index (Phi) is 2.40. The second kappa shape index (κ2) is 3.56. The predicted octanol–water partition coefficient (Wildman–Crippen LogP) is 2.55. The zero-order valence-electron chi connectivity index (χ0n) is 8.63. The molecule has 1 aliphatic heterocycles. The summed E-state index contributed by atoms with van der Waals surface area (Å²) in [6, 6.07) is 1.77. The molecular weight excluding hydrogens is 179 g/mol. The lowest BCUT2D eigenvalue weighted by Gasteiger charge is -2.32. The van der Waals surface area contributed by atoms with Crippen LogP contribution in [0.25, 0.3) is 0 Å². The fraction of sp³-hybridized carbons (Fsp3) is 0.545. The van der Waals surface area contributed by atoms with E-state index in [1.165, 1.54) is 0 Å². The van der Waals surface area contributed by atoms with E-state index in [9.17, 15) is 4.39 Å². The summed E-state index contributed by atoms with van der Waals surface area (Å²) >= 11 is 0. The summed E-state index contributed by atoms with van der Waals surface area (Å²) in [6.45, 7) is 5.87. The summed E-state index contributed by atoms with van der Waals surface area (Å²) in [7, 11) is 0. The summed E-state index contributed by atoms with van der Waals surface area (Å²) in [4.78, 5) is 6.08. The molecule has 0 aliphatic carbocycles. The number of anilines is 1. The van der Waals surface area contributed by atoms with Crippen molar-refractivity contribution in [2.45, 2.75) is 26.2 Å². The van der Waals surface area contributed by atoms with Crippen molar-refractivity contribution >= 4 is 5.82 Å². The van der Waals surface area contributed by atoms with E-state index in [-0.39, 0.29) is 11.7 Å². The summed E-state index contributed by atoms with van der Waals surface area (Å²) in [5, 5.41) is 0. The van der Waals surface area contributed by atoms with Crippen LogP contribution in [0.4, 0.5) is 10.2 Å². The van der Waals surface area contributed by atoms with E-state index in [0.29, 0.717) is 5.82 Å². The molecule has 0 atom stereocenters. The molecule has 0 bridgehead atoms. The van der Waals surface area contributed by atoms with E-state index in [1.54, 1.807) is 12.3 Å². The molecule has 2 rings (SSSR count). The average Bonchev–Trinajstić information content (AvgIpc) is 2.04. The van der Waals surface area contributed by atoms with Crippen molar-refractivity contribution in [1.82, 2.24) is 4.98 Å². The molecular formula is C11H15FN2. The second-order valence-corrected chi connectivity index (χ2v) is 4.03. The molecule has 0 radical (unpaired) electrons. The van der Waals surface area contributed by atoms with Crippen molar-refractivity contribution in [3.8, 4) is 0 Å². The Hall–Kier alpha value is -1.12. The maximum Gasteiger partial charge on any atom is 0.169 e. The van der Waals surface area contributed by atoms with Crippen LogP contribution in [0.2, 0.25) is 0 Å². The SMILES string of the molecule is CC(C)c1ccnc(N2CCC2)c1F. The first kappa shape index (κ1) is 9.44. The lowest BCUT2D eigenvalue weighted by atomic mass is 10.0. The van der Waals surface area contributed by atoms with Crippen LogP contribution in [-0.4, -0.2) is 18.1 Å². The highest BCUT2D eigenvalue weighted by atomic mass is 19.1. The van der Waals surface area contributed by atoms with Gasteiger partial charge in [-0.2, -0.15) is 0 Å².